The van der Waals surface area contributed by atoms with Crippen molar-refractivity contribution in [3.05, 3.63) is 35.1 Å². The van der Waals surface area contributed by atoms with Crippen LogP contribution in [-0.4, -0.2) is 27.9 Å². The zero-order valence-corrected chi connectivity index (χ0v) is 11.1. The van der Waals surface area contributed by atoms with E-state index < -0.39 is 29.2 Å². The van der Waals surface area contributed by atoms with E-state index >= 15 is 0 Å². The van der Waals surface area contributed by atoms with Crippen LogP contribution in [0.5, 0.6) is 0 Å². The molecule has 2 N–H and O–H groups in total. The Bertz CT molecular complexity index is 476. The van der Waals surface area contributed by atoms with Crippen molar-refractivity contribution in [1.29, 1.82) is 0 Å². The van der Waals surface area contributed by atoms with Crippen LogP contribution in [0.3, 0.4) is 0 Å². The van der Waals surface area contributed by atoms with Gasteiger partial charge in [-0.05, 0) is 42.7 Å². The smallest absolute Gasteiger partial charge is 0.338 e. The second-order valence-electron chi connectivity index (χ2n) is 4.22. The van der Waals surface area contributed by atoms with Crippen LogP contribution >= 0.6 is 12.6 Å². The van der Waals surface area contributed by atoms with Gasteiger partial charge in [0.2, 0.25) is 0 Å². The van der Waals surface area contributed by atoms with Crippen LogP contribution in [0.1, 0.15) is 28.8 Å². The Morgan fingerprint density at radius 2 is 2.00 bits per heavy atom. The lowest BCUT2D eigenvalue weighted by Crippen LogP contribution is -2.17. The quantitative estimate of drug-likeness (QED) is 0.673. The molecule has 0 saturated carbocycles. The summed E-state index contributed by atoms with van der Waals surface area (Å²) in [5.74, 6) is -3.14. The maximum atomic E-state index is 13.2. The highest BCUT2D eigenvalue weighted by Gasteiger charge is 2.19. The maximum absolute atomic E-state index is 13.2. The second-order valence-corrected chi connectivity index (χ2v) is 4.67. The fraction of sp³-hybridized carbons (Fsp3) is 0.385. The van der Waals surface area contributed by atoms with E-state index in [9.17, 15) is 14.0 Å². The van der Waals surface area contributed by atoms with E-state index in [-0.39, 0.29) is 6.42 Å². The van der Waals surface area contributed by atoms with Gasteiger partial charge in [-0.15, -0.1) is 0 Å². The first-order valence-corrected chi connectivity index (χ1v) is 6.44. The highest BCUT2D eigenvalue weighted by Crippen LogP contribution is 2.18. The number of aliphatic carboxylic acids is 1. The molecule has 0 amide bonds. The summed E-state index contributed by atoms with van der Waals surface area (Å²) in [4.78, 5) is 21.9. The lowest BCUT2D eigenvalue weighted by Gasteiger charge is -2.12. The van der Waals surface area contributed by atoms with Gasteiger partial charge >= 0.3 is 11.9 Å². The minimum atomic E-state index is -1.36. The summed E-state index contributed by atoms with van der Waals surface area (Å²) in [6.07, 6.45) is 1.30. The van der Waals surface area contributed by atoms with Crippen molar-refractivity contribution in [3.8, 4) is 0 Å². The Labute approximate surface area is 115 Å². The summed E-state index contributed by atoms with van der Waals surface area (Å²) < 4.78 is 13.2. The number of carboxylic acid groups (broad SMARTS) is 2. The standard InChI is InChI=1S/C13H15FO4S/c14-11-4-3-8(7-10(11)13(17)18)6-9(12(15)16)2-1-5-19/h3-4,7,9,19H,1-2,5-6H2,(H,15,16)(H,17,18). The predicted molar refractivity (Wildman–Crippen MR) is 71.3 cm³/mol. The molecule has 1 aromatic carbocycles. The van der Waals surface area contributed by atoms with Gasteiger partial charge in [0.1, 0.15) is 5.82 Å². The zero-order valence-electron chi connectivity index (χ0n) is 10.2. The van der Waals surface area contributed by atoms with Crippen molar-refractivity contribution in [1.82, 2.24) is 0 Å². The van der Waals surface area contributed by atoms with Crippen LogP contribution in [0.25, 0.3) is 0 Å². The van der Waals surface area contributed by atoms with Crippen LogP contribution in [0.15, 0.2) is 18.2 Å². The van der Waals surface area contributed by atoms with E-state index in [1.54, 1.807) is 0 Å². The molecule has 0 saturated heterocycles. The molecule has 1 aromatic rings. The normalized spacial score (nSPS) is 12.1. The van der Waals surface area contributed by atoms with E-state index in [2.05, 4.69) is 12.6 Å². The number of thiol groups is 1. The van der Waals surface area contributed by atoms with E-state index in [0.717, 1.165) is 6.07 Å². The number of benzene rings is 1. The minimum absolute atomic E-state index is 0.184. The van der Waals surface area contributed by atoms with Crippen molar-refractivity contribution in [2.75, 3.05) is 5.75 Å². The molecule has 0 aromatic heterocycles. The summed E-state index contributed by atoms with van der Waals surface area (Å²) in [7, 11) is 0. The SMILES string of the molecule is O=C(O)c1cc(CC(CCCS)C(=O)O)ccc1F. The van der Waals surface area contributed by atoms with Crippen molar-refractivity contribution in [2.45, 2.75) is 19.3 Å². The molecule has 0 aliphatic heterocycles. The van der Waals surface area contributed by atoms with Crippen molar-refractivity contribution in [2.24, 2.45) is 5.92 Å². The third-order valence-corrected chi connectivity index (χ3v) is 3.12. The molecule has 0 aliphatic rings. The van der Waals surface area contributed by atoms with Crippen LogP contribution in [0.4, 0.5) is 4.39 Å². The van der Waals surface area contributed by atoms with Gasteiger partial charge in [0.25, 0.3) is 0 Å². The Morgan fingerprint density at radius 3 is 2.53 bits per heavy atom. The molecule has 1 unspecified atom stereocenters. The van der Waals surface area contributed by atoms with Crippen molar-refractivity contribution < 1.29 is 24.2 Å². The average Bonchev–Trinajstić information content (AvgIpc) is 2.35. The topological polar surface area (TPSA) is 74.6 Å². The van der Waals surface area contributed by atoms with E-state index in [4.69, 9.17) is 10.2 Å². The lowest BCUT2D eigenvalue weighted by molar-refractivity contribution is -0.141. The van der Waals surface area contributed by atoms with Gasteiger partial charge in [0, 0.05) is 0 Å². The van der Waals surface area contributed by atoms with Crippen LogP contribution in [0.2, 0.25) is 0 Å². The summed E-state index contributed by atoms with van der Waals surface area (Å²) in [5, 5.41) is 17.9. The number of aromatic carboxylic acids is 1. The van der Waals surface area contributed by atoms with Crippen LogP contribution in [0, 0.1) is 11.7 Å². The summed E-state index contributed by atoms with van der Waals surface area (Å²) in [6.45, 7) is 0. The number of halogens is 1. The molecule has 104 valence electrons. The zero-order chi connectivity index (χ0) is 14.4. The van der Waals surface area contributed by atoms with Gasteiger partial charge in [-0.3, -0.25) is 4.79 Å². The molecule has 1 rings (SSSR count). The highest BCUT2D eigenvalue weighted by molar-refractivity contribution is 7.80. The molecule has 19 heavy (non-hydrogen) atoms. The number of carboxylic acids is 2. The van der Waals surface area contributed by atoms with Gasteiger partial charge in [-0.1, -0.05) is 6.07 Å². The molecule has 0 bridgehead atoms. The number of hydrogen-bond donors (Lipinski definition) is 3. The summed E-state index contributed by atoms with van der Waals surface area (Å²) in [6, 6.07) is 3.66. The van der Waals surface area contributed by atoms with Crippen molar-refractivity contribution >= 4 is 24.6 Å². The highest BCUT2D eigenvalue weighted by atomic mass is 32.1. The molecule has 0 spiro atoms. The van der Waals surface area contributed by atoms with Gasteiger partial charge in [-0.2, -0.15) is 12.6 Å². The summed E-state index contributed by atoms with van der Waals surface area (Å²) >= 11 is 4.03. The summed E-state index contributed by atoms with van der Waals surface area (Å²) in [5.41, 5.74) is 0.0706. The molecule has 0 fully saturated rings. The largest absolute Gasteiger partial charge is 0.481 e. The molecular weight excluding hydrogens is 271 g/mol. The monoisotopic (exact) mass is 286 g/mol. The van der Waals surface area contributed by atoms with Crippen LogP contribution < -0.4 is 0 Å². The van der Waals surface area contributed by atoms with Crippen molar-refractivity contribution in [3.63, 3.8) is 0 Å². The third kappa shape index (κ3) is 4.55. The third-order valence-electron chi connectivity index (χ3n) is 2.80. The van der Waals surface area contributed by atoms with Gasteiger partial charge in [0.15, 0.2) is 0 Å². The molecule has 0 heterocycles. The Hall–Kier alpha value is -1.56. The maximum Gasteiger partial charge on any atom is 0.338 e. The Balaban J connectivity index is 2.87. The average molecular weight is 286 g/mol. The fourth-order valence-corrected chi connectivity index (χ4v) is 1.98. The molecule has 0 radical (unpaired) electrons. The molecular formula is C13H15FO4S. The first-order chi connectivity index (χ1) is 8.95. The van der Waals surface area contributed by atoms with E-state index in [1.165, 1.54) is 12.1 Å². The molecule has 1 atom stereocenters. The first kappa shape index (κ1) is 15.5. The van der Waals surface area contributed by atoms with Crippen LogP contribution in [-0.2, 0) is 11.2 Å². The van der Waals surface area contributed by atoms with E-state index in [0.29, 0.717) is 24.2 Å². The second kappa shape index (κ2) is 7.13. The molecule has 0 aliphatic carbocycles. The van der Waals surface area contributed by atoms with Gasteiger partial charge in [-0.25, -0.2) is 9.18 Å². The Kier molecular flexibility index (Phi) is 5.82. The number of hydrogen-bond acceptors (Lipinski definition) is 3. The fourth-order valence-electron chi connectivity index (χ4n) is 1.80. The van der Waals surface area contributed by atoms with Gasteiger partial charge in [0.05, 0.1) is 11.5 Å². The molecule has 4 nitrogen and oxygen atoms in total. The van der Waals surface area contributed by atoms with E-state index in [1.807, 2.05) is 0 Å². The minimum Gasteiger partial charge on any atom is -0.481 e. The predicted octanol–water partition coefficient (Wildman–Crippen LogP) is 2.48. The number of carbonyl (C=O) groups is 2. The first-order valence-electron chi connectivity index (χ1n) is 5.81. The Morgan fingerprint density at radius 1 is 1.32 bits per heavy atom. The number of rotatable bonds is 7. The molecule has 6 heteroatoms. The van der Waals surface area contributed by atoms with Gasteiger partial charge < -0.3 is 10.2 Å². The lowest BCUT2D eigenvalue weighted by atomic mass is 9.94.